The number of amides is 2. The Labute approximate surface area is 176 Å². The van der Waals surface area contributed by atoms with Crippen LogP contribution in [-0.4, -0.2) is 86.2 Å². The predicted octanol–water partition coefficient (Wildman–Crippen LogP) is 1.22. The van der Waals surface area contributed by atoms with Gasteiger partial charge in [-0.2, -0.15) is 0 Å². The Morgan fingerprint density at radius 1 is 1.27 bits per heavy atom. The van der Waals surface area contributed by atoms with Gasteiger partial charge in [-0.25, -0.2) is 4.98 Å². The number of rotatable bonds is 7. The van der Waals surface area contributed by atoms with Gasteiger partial charge in [0, 0.05) is 45.2 Å². The van der Waals surface area contributed by atoms with Gasteiger partial charge in [0.25, 0.3) is 5.91 Å². The Hall–Kier alpha value is -2.55. The van der Waals surface area contributed by atoms with E-state index in [1.807, 2.05) is 35.2 Å². The highest BCUT2D eigenvalue weighted by atomic mass is 16.5. The largest absolute Gasteiger partial charge is 0.383 e. The van der Waals surface area contributed by atoms with Gasteiger partial charge in [0.1, 0.15) is 6.10 Å². The summed E-state index contributed by atoms with van der Waals surface area (Å²) < 4.78 is 11.0. The maximum Gasteiger partial charge on any atom is 0.252 e. The summed E-state index contributed by atoms with van der Waals surface area (Å²) in [7, 11) is 1.60. The second-order valence-electron chi connectivity index (χ2n) is 7.69. The van der Waals surface area contributed by atoms with Crippen LogP contribution in [0.15, 0.2) is 30.3 Å². The number of carbonyl (C=O) groups is 2. The summed E-state index contributed by atoms with van der Waals surface area (Å²) in [5, 5.41) is 3.69. The molecule has 160 valence electrons. The number of pyridine rings is 1. The number of carbonyl (C=O) groups excluding carboxylic acids is 2. The molecule has 4 rings (SSSR count). The van der Waals surface area contributed by atoms with E-state index in [1.165, 1.54) is 0 Å². The highest BCUT2D eigenvalue weighted by Gasteiger charge is 2.28. The number of aromatic nitrogens is 1. The Bertz CT molecular complexity index is 915. The number of hydrogen-bond acceptors (Lipinski definition) is 6. The topological polar surface area (TPSA) is 84.0 Å². The molecule has 0 bridgehead atoms. The standard InChI is InChI=1S/C22H28N4O4/c1-29-11-7-23-22(28)17-13-19(24-18-6-3-2-5-16(17)18)20-14-25(10-12-30-20)15-21(27)26-8-4-9-26/h2-3,5-6,13,20H,4,7-12,14-15H2,1H3,(H,23,28)/t20-/m1/s1. The van der Waals surface area contributed by atoms with Crippen LogP contribution in [0, 0.1) is 0 Å². The lowest BCUT2D eigenvalue weighted by Crippen LogP contribution is -2.49. The quantitative estimate of drug-likeness (QED) is 0.689. The van der Waals surface area contributed by atoms with E-state index < -0.39 is 0 Å². The summed E-state index contributed by atoms with van der Waals surface area (Å²) in [6, 6.07) is 9.42. The number of fused-ring (bicyclic) bond motifs is 1. The van der Waals surface area contributed by atoms with Crippen LogP contribution in [0.25, 0.3) is 10.9 Å². The van der Waals surface area contributed by atoms with Crippen molar-refractivity contribution in [2.75, 3.05) is 59.6 Å². The normalized spacial score (nSPS) is 19.5. The molecule has 1 N–H and O–H groups in total. The summed E-state index contributed by atoms with van der Waals surface area (Å²) in [4.78, 5) is 33.9. The number of nitrogens with one attached hydrogen (secondary N) is 1. The van der Waals surface area contributed by atoms with E-state index in [9.17, 15) is 9.59 Å². The van der Waals surface area contributed by atoms with Crippen LogP contribution in [0.1, 0.15) is 28.6 Å². The van der Waals surface area contributed by atoms with E-state index in [0.29, 0.717) is 50.7 Å². The molecule has 2 aromatic rings. The van der Waals surface area contributed by atoms with Gasteiger partial charge in [-0.15, -0.1) is 0 Å². The molecular formula is C22H28N4O4. The zero-order valence-corrected chi connectivity index (χ0v) is 17.3. The van der Waals surface area contributed by atoms with Gasteiger partial charge in [-0.3, -0.25) is 14.5 Å². The van der Waals surface area contributed by atoms with E-state index >= 15 is 0 Å². The van der Waals surface area contributed by atoms with E-state index in [0.717, 1.165) is 30.4 Å². The average Bonchev–Trinajstić information content (AvgIpc) is 2.72. The minimum absolute atomic E-state index is 0.160. The minimum atomic E-state index is -0.280. The van der Waals surface area contributed by atoms with E-state index in [-0.39, 0.29) is 17.9 Å². The molecule has 0 aliphatic carbocycles. The van der Waals surface area contributed by atoms with Gasteiger partial charge in [-0.1, -0.05) is 18.2 Å². The molecule has 0 unspecified atom stereocenters. The monoisotopic (exact) mass is 412 g/mol. The zero-order chi connectivity index (χ0) is 20.9. The van der Waals surface area contributed by atoms with Crippen molar-refractivity contribution < 1.29 is 19.1 Å². The molecule has 2 fully saturated rings. The number of morpholine rings is 1. The maximum atomic E-state index is 12.8. The van der Waals surface area contributed by atoms with Crippen molar-refractivity contribution in [3.8, 4) is 0 Å². The molecule has 1 aromatic carbocycles. The van der Waals surface area contributed by atoms with Crippen molar-refractivity contribution in [3.05, 3.63) is 41.6 Å². The molecule has 0 radical (unpaired) electrons. The maximum absolute atomic E-state index is 12.8. The van der Waals surface area contributed by atoms with Crippen LogP contribution in [-0.2, 0) is 14.3 Å². The number of ether oxygens (including phenoxy) is 2. The Kier molecular flexibility index (Phi) is 6.56. The molecule has 2 aliphatic heterocycles. The first-order valence-corrected chi connectivity index (χ1v) is 10.4. The Morgan fingerprint density at radius 3 is 2.87 bits per heavy atom. The number of para-hydroxylation sites is 1. The minimum Gasteiger partial charge on any atom is -0.383 e. The van der Waals surface area contributed by atoms with Crippen LogP contribution in [0.2, 0.25) is 0 Å². The predicted molar refractivity (Wildman–Crippen MR) is 112 cm³/mol. The molecule has 2 saturated heterocycles. The fourth-order valence-electron chi connectivity index (χ4n) is 3.79. The second-order valence-corrected chi connectivity index (χ2v) is 7.69. The van der Waals surface area contributed by atoms with Gasteiger partial charge in [-0.05, 0) is 18.6 Å². The van der Waals surface area contributed by atoms with Crippen molar-refractivity contribution in [1.29, 1.82) is 0 Å². The van der Waals surface area contributed by atoms with Gasteiger partial charge in [0.05, 0.1) is 36.5 Å². The highest BCUT2D eigenvalue weighted by molar-refractivity contribution is 6.06. The first kappa shape index (κ1) is 20.7. The van der Waals surface area contributed by atoms with E-state index in [4.69, 9.17) is 14.5 Å². The van der Waals surface area contributed by atoms with Crippen LogP contribution < -0.4 is 5.32 Å². The molecular weight excluding hydrogens is 384 g/mol. The van der Waals surface area contributed by atoms with Gasteiger partial charge < -0.3 is 19.7 Å². The van der Waals surface area contributed by atoms with E-state index in [2.05, 4.69) is 10.2 Å². The number of methoxy groups -OCH3 is 1. The molecule has 1 aromatic heterocycles. The fraction of sp³-hybridized carbons (Fsp3) is 0.500. The molecule has 8 heteroatoms. The lowest BCUT2D eigenvalue weighted by atomic mass is 10.0. The first-order chi connectivity index (χ1) is 14.7. The smallest absolute Gasteiger partial charge is 0.252 e. The first-order valence-electron chi connectivity index (χ1n) is 10.4. The summed E-state index contributed by atoms with van der Waals surface area (Å²) in [5.74, 6) is 0.0131. The summed E-state index contributed by atoms with van der Waals surface area (Å²) in [6.45, 7) is 4.84. The lowest BCUT2D eigenvalue weighted by Gasteiger charge is -2.36. The van der Waals surface area contributed by atoms with Crippen LogP contribution in [0.4, 0.5) is 0 Å². The number of hydrogen-bond donors (Lipinski definition) is 1. The molecule has 0 saturated carbocycles. The molecule has 3 heterocycles. The lowest BCUT2D eigenvalue weighted by molar-refractivity contribution is -0.137. The average molecular weight is 412 g/mol. The summed E-state index contributed by atoms with van der Waals surface area (Å²) >= 11 is 0. The molecule has 8 nitrogen and oxygen atoms in total. The van der Waals surface area contributed by atoms with Crippen LogP contribution >= 0.6 is 0 Å². The van der Waals surface area contributed by atoms with Gasteiger partial charge >= 0.3 is 0 Å². The highest BCUT2D eigenvalue weighted by Crippen LogP contribution is 2.26. The summed E-state index contributed by atoms with van der Waals surface area (Å²) in [5.41, 5.74) is 2.04. The molecule has 2 amide bonds. The Balaban J connectivity index is 1.53. The zero-order valence-electron chi connectivity index (χ0n) is 17.3. The van der Waals surface area contributed by atoms with Crippen LogP contribution in [0.3, 0.4) is 0 Å². The number of nitrogens with zero attached hydrogens (tertiary/aromatic N) is 3. The van der Waals surface area contributed by atoms with Gasteiger partial charge in [0.2, 0.25) is 5.91 Å². The molecule has 1 atom stereocenters. The number of likely N-dealkylation sites (tertiary alicyclic amines) is 1. The van der Waals surface area contributed by atoms with Crippen molar-refractivity contribution in [1.82, 2.24) is 20.1 Å². The fourth-order valence-corrected chi connectivity index (χ4v) is 3.79. The SMILES string of the molecule is COCCNC(=O)c1cc([C@H]2CN(CC(=O)N3CCC3)CCO2)nc2ccccc12. The third kappa shape index (κ3) is 4.61. The molecule has 0 spiro atoms. The Morgan fingerprint density at radius 2 is 2.10 bits per heavy atom. The third-order valence-electron chi connectivity index (χ3n) is 5.62. The van der Waals surface area contributed by atoms with Crippen molar-refractivity contribution >= 4 is 22.7 Å². The summed E-state index contributed by atoms with van der Waals surface area (Å²) in [6.07, 6.45) is 0.811. The third-order valence-corrected chi connectivity index (χ3v) is 5.62. The molecule has 2 aliphatic rings. The number of benzene rings is 1. The van der Waals surface area contributed by atoms with Crippen LogP contribution in [0.5, 0.6) is 0 Å². The van der Waals surface area contributed by atoms with Crippen molar-refractivity contribution in [3.63, 3.8) is 0 Å². The van der Waals surface area contributed by atoms with E-state index in [1.54, 1.807) is 7.11 Å². The van der Waals surface area contributed by atoms with Gasteiger partial charge in [0.15, 0.2) is 0 Å². The van der Waals surface area contributed by atoms with Crippen molar-refractivity contribution in [2.24, 2.45) is 0 Å². The molecule has 30 heavy (non-hydrogen) atoms. The van der Waals surface area contributed by atoms with Crippen molar-refractivity contribution in [2.45, 2.75) is 12.5 Å². The second kappa shape index (κ2) is 9.51.